The number of benzene rings is 1. The van der Waals surface area contributed by atoms with Crippen molar-refractivity contribution in [3.05, 3.63) is 46.7 Å². The predicted octanol–water partition coefficient (Wildman–Crippen LogP) is 4.27. The van der Waals surface area contributed by atoms with Gasteiger partial charge in [-0.3, -0.25) is 0 Å². The minimum absolute atomic E-state index is 0. The van der Waals surface area contributed by atoms with Gasteiger partial charge in [-0.05, 0) is 24.3 Å². The molecular formula is C16H15Cl4N5O. The van der Waals surface area contributed by atoms with Crippen molar-refractivity contribution >= 4 is 70.6 Å². The molecule has 0 atom stereocenters. The van der Waals surface area contributed by atoms with Gasteiger partial charge < -0.3 is 15.4 Å². The average Bonchev–Trinajstić information content (AvgIpc) is 2.55. The molecule has 10 heteroatoms. The van der Waals surface area contributed by atoms with Crippen LogP contribution < -0.4 is 15.4 Å². The lowest BCUT2D eigenvalue weighted by Gasteiger charge is -2.27. The molecule has 2 aromatic heterocycles. The molecule has 3 aromatic rings. The lowest BCUT2D eigenvalue weighted by atomic mass is 10.2. The highest BCUT2D eigenvalue weighted by Gasteiger charge is 2.19. The van der Waals surface area contributed by atoms with Gasteiger partial charge in [0.25, 0.3) is 0 Å². The number of fused-ring (bicyclic) bond motifs is 1. The number of pyridine rings is 1. The molecule has 1 aliphatic rings. The standard InChI is InChI=1S/C16H13Cl2N5O.2ClH/c17-11-2-1-9(5-12(11)18)22-16-15-13(20-8-21-16)3-4-14(23-15)24-10-6-19-7-10;;/h1-5,8,10,19H,6-7H2,(H,20,21,22);2*1H. The summed E-state index contributed by atoms with van der Waals surface area (Å²) in [5, 5.41) is 7.32. The highest BCUT2D eigenvalue weighted by Crippen LogP contribution is 2.28. The second-order valence-electron chi connectivity index (χ2n) is 5.39. The van der Waals surface area contributed by atoms with Crippen LogP contribution >= 0.6 is 48.0 Å². The van der Waals surface area contributed by atoms with Crippen molar-refractivity contribution in [2.24, 2.45) is 0 Å². The Morgan fingerprint density at radius 2 is 1.85 bits per heavy atom. The van der Waals surface area contributed by atoms with Crippen LogP contribution in [0.4, 0.5) is 11.5 Å². The highest BCUT2D eigenvalue weighted by molar-refractivity contribution is 6.42. The van der Waals surface area contributed by atoms with Crippen molar-refractivity contribution in [1.82, 2.24) is 20.3 Å². The number of ether oxygens (including phenoxy) is 1. The van der Waals surface area contributed by atoms with Gasteiger partial charge >= 0.3 is 0 Å². The van der Waals surface area contributed by atoms with E-state index in [9.17, 15) is 0 Å². The van der Waals surface area contributed by atoms with Gasteiger partial charge in [0, 0.05) is 24.8 Å². The van der Waals surface area contributed by atoms with E-state index in [1.807, 2.05) is 18.2 Å². The van der Waals surface area contributed by atoms with Crippen molar-refractivity contribution in [2.75, 3.05) is 18.4 Å². The number of nitrogens with one attached hydrogen (secondary N) is 2. The maximum Gasteiger partial charge on any atom is 0.214 e. The Morgan fingerprint density at radius 1 is 1.04 bits per heavy atom. The topological polar surface area (TPSA) is 72.0 Å². The van der Waals surface area contributed by atoms with Gasteiger partial charge in [0.05, 0.1) is 15.6 Å². The normalized spacial score (nSPS) is 13.3. The fraction of sp³-hybridized carbons (Fsp3) is 0.188. The Bertz CT molecular complexity index is 907. The van der Waals surface area contributed by atoms with Crippen LogP contribution in [0.15, 0.2) is 36.7 Å². The van der Waals surface area contributed by atoms with Gasteiger partial charge in [0.1, 0.15) is 17.9 Å². The van der Waals surface area contributed by atoms with E-state index in [1.54, 1.807) is 12.1 Å². The first-order valence-electron chi connectivity index (χ1n) is 7.40. The summed E-state index contributed by atoms with van der Waals surface area (Å²) >= 11 is 12.0. The molecule has 2 N–H and O–H groups in total. The quantitative estimate of drug-likeness (QED) is 0.638. The van der Waals surface area contributed by atoms with Crippen molar-refractivity contribution in [2.45, 2.75) is 6.10 Å². The van der Waals surface area contributed by atoms with Gasteiger partial charge in [-0.25, -0.2) is 15.0 Å². The van der Waals surface area contributed by atoms with Crippen LogP contribution in [-0.4, -0.2) is 34.1 Å². The summed E-state index contributed by atoms with van der Waals surface area (Å²) in [5.74, 6) is 1.14. The molecule has 1 saturated heterocycles. The summed E-state index contributed by atoms with van der Waals surface area (Å²) < 4.78 is 5.80. The third-order valence-electron chi connectivity index (χ3n) is 3.67. The van der Waals surface area contributed by atoms with E-state index in [0.29, 0.717) is 27.3 Å². The summed E-state index contributed by atoms with van der Waals surface area (Å²) in [6, 6.07) is 8.96. The van der Waals surface area contributed by atoms with E-state index in [4.69, 9.17) is 27.9 Å². The van der Waals surface area contributed by atoms with Crippen LogP contribution in [-0.2, 0) is 0 Å². The average molecular weight is 435 g/mol. The van der Waals surface area contributed by atoms with E-state index < -0.39 is 0 Å². The monoisotopic (exact) mass is 433 g/mol. The maximum atomic E-state index is 6.06. The Kier molecular flexibility index (Phi) is 7.08. The first-order valence-corrected chi connectivity index (χ1v) is 8.16. The number of rotatable bonds is 4. The van der Waals surface area contributed by atoms with E-state index in [0.717, 1.165) is 24.3 Å². The first-order chi connectivity index (χ1) is 11.7. The summed E-state index contributed by atoms with van der Waals surface area (Å²) in [6.07, 6.45) is 1.64. The van der Waals surface area contributed by atoms with E-state index in [-0.39, 0.29) is 30.9 Å². The van der Waals surface area contributed by atoms with Crippen molar-refractivity contribution in [3.63, 3.8) is 0 Å². The van der Waals surface area contributed by atoms with Crippen LogP contribution in [0.5, 0.6) is 5.88 Å². The molecule has 0 spiro atoms. The third-order valence-corrected chi connectivity index (χ3v) is 4.41. The summed E-state index contributed by atoms with van der Waals surface area (Å²) in [4.78, 5) is 13.1. The SMILES string of the molecule is Cl.Cl.Clc1ccc(Nc2ncnc3ccc(OC4CNC4)nc23)cc1Cl. The number of halogens is 4. The zero-order valence-electron chi connectivity index (χ0n) is 13.3. The Balaban J connectivity index is 0.00000121. The fourth-order valence-electron chi connectivity index (χ4n) is 2.31. The molecule has 1 fully saturated rings. The van der Waals surface area contributed by atoms with Gasteiger partial charge in [-0.15, -0.1) is 24.8 Å². The molecule has 1 aromatic carbocycles. The molecule has 4 rings (SSSR count). The molecule has 0 saturated carbocycles. The Labute approximate surface area is 172 Å². The highest BCUT2D eigenvalue weighted by atomic mass is 35.5. The van der Waals surface area contributed by atoms with Crippen LogP contribution in [0, 0.1) is 0 Å². The zero-order valence-corrected chi connectivity index (χ0v) is 16.4. The fourth-order valence-corrected chi connectivity index (χ4v) is 2.60. The van der Waals surface area contributed by atoms with Gasteiger partial charge in [0.2, 0.25) is 5.88 Å². The van der Waals surface area contributed by atoms with Crippen molar-refractivity contribution < 1.29 is 4.74 Å². The smallest absolute Gasteiger partial charge is 0.214 e. The van der Waals surface area contributed by atoms with E-state index in [2.05, 4.69) is 25.6 Å². The van der Waals surface area contributed by atoms with Gasteiger partial charge in [-0.2, -0.15) is 0 Å². The van der Waals surface area contributed by atoms with Crippen LogP contribution in [0.2, 0.25) is 10.0 Å². The number of nitrogens with zero attached hydrogens (tertiary/aromatic N) is 3. The molecule has 1 aliphatic heterocycles. The number of hydrogen-bond acceptors (Lipinski definition) is 6. The second kappa shape index (κ2) is 8.88. The van der Waals surface area contributed by atoms with Gasteiger partial charge in [-0.1, -0.05) is 23.2 Å². The minimum atomic E-state index is 0. The Hall–Kier alpha value is -1.57. The third kappa shape index (κ3) is 4.39. The van der Waals surface area contributed by atoms with E-state index >= 15 is 0 Å². The van der Waals surface area contributed by atoms with Crippen molar-refractivity contribution in [3.8, 4) is 5.88 Å². The zero-order chi connectivity index (χ0) is 16.5. The number of anilines is 2. The Morgan fingerprint density at radius 3 is 2.54 bits per heavy atom. The maximum absolute atomic E-state index is 6.06. The largest absolute Gasteiger partial charge is 0.472 e. The molecule has 0 bridgehead atoms. The number of hydrogen-bond donors (Lipinski definition) is 2. The first kappa shape index (κ1) is 20.7. The van der Waals surface area contributed by atoms with Crippen molar-refractivity contribution in [1.29, 1.82) is 0 Å². The van der Waals surface area contributed by atoms with Gasteiger partial charge in [0.15, 0.2) is 5.82 Å². The molecule has 0 amide bonds. The molecular weight excluding hydrogens is 420 g/mol. The predicted molar refractivity (Wildman–Crippen MR) is 109 cm³/mol. The minimum Gasteiger partial charge on any atom is -0.472 e. The van der Waals surface area contributed by atoms with E-state index in [1.165, 1.54) is 6.33 Å². The van der Waals surface area contributed by atoms with Crippen LogP contribution in [0.1, 0.15) is 0 Å². The summed E-state index contributed by atoms with van der Waals surface area (Å²) in [5.41, 5.74) is 2.13. The molecule has 26 heavy (non-hydrogen) atoms. The molecule has 0 radical (unpaired) electrons. The number of aromatic nitrogens is 3. The lowest BCUT2D eigenvalue weighted by molar-refractivity contribution is 0.136. The van der Waals surface area contributed by atoms with Crippen LogP contribution in [0.25, 0.3) is 11.0 Å². The summed E-state index contributed by atoms with van der Waals surface area (Å²) in [6.45, 7) is 1.67. The molecule has 6 nitrogen and oxygen atoms in total. The second-order valence-corrected chi connectivity index (χ2v) is 6.21. The molecule has 0 unspecified atom stereocenters. The summed E-state index contributed by atoms with van der Waals surface area (Å²) in [7, 11) is 0. The molecule has 3 heterocycles. The molecule has 0 aliphatic carbocycles. The van der Waals surface area contributed by atoms with Crippen LogP contribution in [0.3, 0.4) is 0 Å². The lowest BCUT2D eigenvalue weighted by Crippen LogP contribution is -2.50. The molecule has 138 valence electrons.